The number of carbonyl (C=O) groups excluding carboxylic acids is 1. The average molecular weight is 454 g/mol. The van der Waals surface area contributed by atoms with Gasteiger partial charge in [-0.2, -0.15) is 0 Å². The molecule has 0 unspecified atom stereocenters. The molecule has 3 rings (SSSR count). The van der Waals surface area contributed by atoms with E-state index >= 15 is 0 Å². The van der Waals surface area contributed by atoms with Crippen LogP contribution in [0.1, 0.15) is 5.56 Å². The first-order valence-electron chi connectivity index (χ1n) is 7.37. The molecule has 0 bridgehead atoms. The third kappa shape index (κ3) is 3.92. The van der Waals surface area contributed by atoms with E-state index in [0.29, 0.717) is 14.2 Å². The molecule has 1 saturated heterocycles. The van der Waals surface area contributed by atoms with Gasteiger partial charge in [0, 0.05) is 23.6 Å². The van der Waals surface area contributed by atoms with Crippen molar-refractivity contribution >= 4 is 79.2 Å². The Morgan fingerprint density at radius 2 is 1.88 bits per heavy atom. The fraction of sp³-hybridized carbons (Fsp3) is 0.111. The van der Waals surface area contributed by atoms with E-state index in [-0.39, 0.29) is 5.91 Å². The molecule has 1 aliphatic heterocycles. The monoisotopic (exact) mass is 452 g/mol. The van der Waals surface area contributed by atoms with Crippen molar-refractivity contribution in [3.05, 3.63) is 62.4 Å². The van der Waals surface area contributed by atoms with Crippen molar-refractivity contribution in [1.29, 1.82) is 0 Å². The molecule has 0 aromatic heterocycles. The molecular formula is C18H14BrClN2OS2. The third-order valence-electron chi connectivity index (χ3n) is 3.63. The molecule has 25 heavy (non-hydrogen) atoms. The van der Waals surface area contributed by atoms with E-state index in [4.69, 9.17) is 23.8 Å². The number of thiocarbonyl (C=S) groups is 1. The maximum atomic E-state index is 12.8. The number of hydrogen-bond donors (Lipinski definition) is 0. The van der Waals surface area contributed by atoms with E-state index in [0.717, 1.165) is 21.4 Å². The van der Waals surface area contributed by atoms with Gasteiger partial charge in [0.2, 0.25) is 0 Å². The van der Waals surface area contributed by atoms with Gasteiger partial charge in [0.1, 0.15) is 0 Å². The summed E-state index contributed by atoms with van der Waals surface area (Å²) in [5, 5.41) is 0.621. The normalized spacial score (nSPS) is 16.0. The zero-order chi connectivity index (χ0) is 18.1. The summed E-state index contributed by atoms with van der Waals surface area (Å²) < 4.78 is 1.49. The van der Waals surface area contributed by atoms with Crippen LogP contribution in [0.2, 0.25) is 5.02 Å². The number of amides is 1. The highest BCUT2D eigenvalue weighted by molar-refractivity contribution is 9.10. The van der Waals surface area contributed by atoms with Gasteiger partial charge in [-0.25, -0.2) is 0 Å². The number of nitrogens with zero attached hydrogens (tertiary/aromatic N) is 2. The van der Waals surface area contributed by atoms with Crippen molar-refractivity contribution in [3.8, 4) is 0 Å². The van der Waals surface area contributed by atoms with Crippen LogP contribution < -0.4 is 9.80 Å². The predicted octanol–water partition coefficient (Wildman–Crippen LogP) is 5.57. The lowest BCUT2D eigenvalue weighted by atomic mass is 10.2. The molecule has 2 aromatic carbocycles. The minimum Gasteiger partial charge on any atom is -0.377 e. The molecule has 0 aliphatic carbocycles. The van der Waals surface area contributed by atoms with Crippen LogP contribution in [0.4, 0.5) is 11.4 Å². The molecule has 7 heteroatoms. The van der Waals surface area contributed by atoms with Crippen LogP contribution in [0.15, 0.2) is 51.8 Å². The second-order valence-electron chi connectivity index (χ2n) is 5.60. The van der Waals surface area contributed by atoms with E-state index in [9.17, 15) is 4.79 Å². The summed E-state index contributed by atoms with van der Waals surface area (Å²) in [5.74, 6) is -0.120. The van der Waals surface area contributed by atoms with Crippen molar-refractivity contribution in [1.82, 2.24) is 0 Å². The van der Waals surface area contributed by atoms with Crippen LogP contribution in [0, 0.1) is 0 Å². The Labute approximate surface area is 169 Å². The molecule has 1 heterocycles. The smallest absolute Gasteiger partial charge is 0.270 e. The lowest BCUT2D eigenvalue weighted by Crippen LogP contribution is -2.27. The number of hydrogen-bond acceptors (Lipinski definition) is 4. The average Bonchev–Trinajstić information content (AvgIpc) is 2.82. The highest BCUT2D eigenvalue weighted by atomic mass is 79.9. The van der Waals surface area contributed by atoms with Gasteiger partial charge in [-0.1, -0.05) is 41.6 Å². The third-order valence-corrected chi connectivity index (χ3v) is 5.82. The van der Waals surface area contributed by atoms with Crippen molar-refractivity contribution in [2.24, 2.45) is 0 Å². The van der Waals surface area contributed by atoms with Gasteiger partial charge in [0.15, 0.2) is 4.32 Å². The molecule has 128 valence electrons. The molecule has 1 amide bonds. The summed E-state index contributed by atoms with van der Waals surface area (Å²) in [4.78, 5) is 16.9. The van der Waals surface area contributed by atoms with E-state index < -0.39 is 0 Å². The maximum absolute atomic E-state index is 12.8. The number of halogens is 2. The van der Waals surface area contributed by atoms with Gasteiger partial charge in [0.25, 0.3) is 5.91 Å². The quantitative estimate of drug-likeness (QED) is 0.447. The van der Waals surface area contributed by atoms with E-state index in [1.165, 1.54) is 16.7 Å². The molecule has 0 saturated carbocycles. The molecule has 0 N–H and O–H groups in total. The van der Waals surface area contributed by atoms with Crippen molar-refractivity contribution < 1.29 is 4.79 Å². The number of anilines is 2. The van der Waals surface area contributed by atoms with E-state index in [1.807, 2.05) is 43.3 Å². The summed E-state index contributed by atoms with van der Waals surface area (Å²) in [5.41, 5.74) is 2.74. The van der Waals surface area contributed by atoms with Crippen LogP contribution in [0.25, 0.3) is 6.08 Å². The summed E-state index contributed by atoms with van der Waals surface area (Å²) in [6, 6.07) is 13.1. The highest BCUT2D eigenvalue weighted by Crippen LogP contribution is 2.37. The second-order valence-corrected chi connectivity index (χ2v) is 8.57. The summed E-state index contributed by atoms with van der Waals surface area (Å²) in [6.45, 7) is 0. The van der Waals surface area contributed by atoms with Gasteiger partial charge in [-0.15, -0.1) is 0 Å². The molecular weight excluding hydrogens is 440 g/mol. The lowest BCUT2D eigenvalue weighted by molar-refractivity contribution is -0.113. The molecule has 0 atom stereocenters. The van der Waals surface area contributed by atoms with E-state index in [1.54, 1.807) is 24.3 Å². The fourth-order valence-electron chi connectivity index (χ4n) is 2.41. The van der Waals surface area contributed by atoms with Crippen molar-refractivity contribution in [2.45, 2.75) is 0 Å². The summed E-state index contributed by atoms with van der Waals surface area (Å²) in [7, 11) is 3.97. The van der Waals surface area contributed by atoms with Crippen LogP contribution in [0.5, 0.6) is 0 Å². The van der Waals surface area contributed by atoms with Crippen LogP contribution in [-0.4, -0.2) is 24.3 Å². The molecule has 3 nitrogen and oxygen atoms in total. The molecule has 1 fully saturated rings. The van der Waals surface area contributed by atoms with Gasteiger partial charge < -0.3 is 4.90 Å². The zero-order valence-electron chi connectivity index (χ0n) is 13.5. The zero-order valence-corrected chi connectivity index (χ0v) is 17.5. The molecule has 2 aromatic rings. The van der Waals surface area contributed by atoms with Gasteiger partial charge in [-0.3, -0.25) is 9.69 Å². The highest BCUT2D eigenvalue weighted by Gasteiger charge is 2.33. The molecule has 0 spiro atoms. The van der Waals surface area contributed by atoms with Crippen LogP contribution >= 0.6 is 51.5 Å². The molecule has 0 radical (unpaired) electrons. The number of rotatable bonds is 3. The largest absolute Gasteiger partial charge is 0.377 e. The van der Waals surface area contributed by atoms with Gasteiger partial charge in [-0.05, 0) is 64.0 Å². The Morgan fingerprint density at radius 3 is 2.48 bits per heavy atom. The van der Waals surface area contributed by atoms with Crippen LogP contribution in [0.3, 0.4) is 0 Å². The number of carbonyl (C=O) groups is 1. The topological polar surface area (TPSA) is 23.6 Å². The maximum Gasteiger partial charge on any atom is 0.270 e. The first-order valence-corrected chi connectivity index (χ1v) is 9.77. The Kier molecular flexibility index (Phi) is 5.53. The summed E-state index contributed by atoms with van der Waals surface area (Å²) >= 11 is 16.2. The fourth-order valence-corrected chi connectivity index (χ4v) is 4.58. The number of benzene rings is 2. The van der Waals surface area contributed by atoms with E-state index in [2.05, 4.69) is 15.9 Å². The Morgan fingerprint density at radius 1 is 1.20 bits per heavy atom. The minimum atomic E-state index is -0.120. The van der Waals surface area contributed by atoms with Crippen molar-refractivity contribution in [3.63, 3.8) is 0 Å². The Bertz CT molecular complexity index is 881. The minimum absolute atomic E-state index is 0.120. The second kappa shape index (κ2) is 7.50. The lowest BCUT2D eigenvalue weighted by Gasteiger charge is -2.15. The predicted molar refractivity (Wildman–Crippen MR) is 116 cm³/mol. The first-order chi connectivity index (χ1) is 11.9. The van der Waals surface area contributed by atoms with Gasteiger partial charge in [0.05, 0.1) is 16.3 Å². The first kappa shape index (κ1) is 18.5. The SMILES string of the molecule is CN(C)c1ccc(/C=C2/SC(=S)N(c3ccc(Cl)cc3)C2=O)cc1Br. The Balaban J connectivity index is 1.90. The van der Waals surface area contributed by atoms with Crippen molar-refractivity contribution in [2.75, 3.05) is 23.9 Å². The summed E-state index contributed by atoms with van der Waals surface area (Å²) in [6.07, 6.45) is 1.86. The molecule has 1 aliphatic rings. The van der Waals surface area contributed by atoms with Crippen LogP contribution in [-0.2, 0) is 4.79 Å². The number of thioether (sulfide) groups is 1. The standard InChI is InChI=1S/C18H14BrClN2OS2/c1-21(2)15-8-3-11(9-14(15)19)10-16-17(23)22(18(24)25-16)13-6-4-12(20)5-7-13/h3-10H,1-2H3/b16-10+. The Hall–Kier alpha value is -1.34. The van der Waals surface area contributed by atoms with Gasteiger partial charge >= 0.3 is 0 Å².